The molecule has 1 amide bonds. The summed E-state index contributed by atoms with van der Waals surface area (Å²) in [6.45, 7) is 0. The molecule has 1 saturated carbocycles. The number of hydrogen-bond acceptors (Lipinski definition) is 3. The van der Waals surface area contributed by atoms with E-state index in [1.807, 2.05) is 0 Å². The van der Waals surface area contributed by atoms with Gasteiger partial charge in [0, 0.05) is 6.04 Å². The van der Waals surface area contributed by atoms with Gasteiger partial charge in [0.1, 0.15) is 0 Å². The van der Waals surface area contributed by atoms with E-state index in [9.17, 15) is 9.59 Å². The van der Waals surface area contributed by atoms with Crippen LogP contribution in [0.25, 0.3) is 0 Å². The van der Waals surface area contributed by atoms with Gasteiger partial charge in [0.15, 0.2) is 0 Å². The second kappa shape index (κ2) is 5.76. The molecule has 96 valence electrons. The van der Waals surface area contributed by atoms with Crippen LogP contribution in [0, 0.1) is 5.92 Å². The average molecular weight is 257 g/mol. The summed E-state index contributed by atoms with van der Waals surface area (Å²) in [5.74, 6) is 0.667. The number of thioether (sulfide) groups is 1. The Balaban J connectivity index is 1.83. The van der Waals surface area contributed by atoms with Crippen molar-refractivity contribution in [2.75, 3.05) is 5.75 Å². The molecule has 17 heavy (non-hydrogen) atoms. The maximum Gasteiger partial charge on any atom is 0.305 e. The van der Waals surface area contributed by atoms with Crippen molar-refractivity contribution in [3.05, 3.63) is 0 Å². The van der Waals surface area contributed by atoms with Gasteiger partial charge in [0.2, 0.25) is 5.91 Å². The highest BCUT2D eigenvalue weighted by Crippen LogP contribution is 2.34. The molecule has 0 aromatic carbocycles. The van der Waals surface area contributed by atoms with Gasteiger partial charge in [-0.2, -0.15) is 0 Å². The summed E-state index contributed by atoms with van der Waals surface area (Å²) < 4.78 is 0. The number of carbonyl (C=O) groups is 2. The largest absolute Gasteiger partial charge is 0.481 e. The van der Waals surface area contributed by atoms with Crippen LogP contribution < -0.4 is 5.32 Å². The van der Waals surface area contributed by atoms with Crippen molar-refractivity contribution in [3.63, 3.8) is 0 Å². The molecule has 1 aliphatic carbocycles. The van der Waals surface area contributed by atoms with Crippen LogP contribution in [-0.4, -0.2) is 34.0 Å². The number of carboxylic acids is 1. The molecule has 2 fully saturated rings. The first-order valence-corrected chi connectivity index (χ1v) is 7.35. The molecule has 5 heteroatoms. The van der Waals surface area contributed by atoms with Crippen molar-refractivity contribution in [3.8, 4) is 0 Å². The maximum absolute atomic E-state index is 12.0. The third kappa shape index (κ3) is 3.91. The summed E-state index contributed by atoms with van der Waals surface area (Å²) in [7, 11) is 0. The van der Waals surface area contributed by atoms with E-state index >= 15 is 0 Å². The van der Waals surface area contributed by atoms with Gasteiger partial charge in [0.25, 0.3) is 0 Å². The molecule has 2 atom stereocenters. The molecule has 2 N–H and O–H groups in total. The third-order valence-corrected chi connectivity index (χ3v) is 4.76. The summed E-state index contributed by atoms with van der Waals surface area (Å²) in [6.07, 6.45) is 5.40. The third-order valence-electron chi connectivity index (χ3n) is 3.39. The van der Waals surface area contributed by atoms with E-state index < -0.39 is 5.97 Å². The van der Waals surface area contributed by atoms with Crippen LogP contribution in [0.15, 0.2) is 0 Å². The fourth-order valence-electron chi connectivity index (χ4n) is 2.25. The van der Waals surface area contributed by atoms with Crippen LogP contribution in [-0.2, 0) is 9.59 Å². The van der Waals surface area contributed by atoms with Gasteiger partial charge < -0.3 is 10.4 Å². The lowest BCUT2D eigenvalue weighted by molar-refractivity contribution is -0.137. The Hall–Kier alpha value is -0.710. The Kier molecular flexibility index (Phi) is 4.31. The Morgan fingerprint density at radius 1 is 1.29 bits per heavy atom. The van der Waals surface area contributed by atoms with Crippen LogP contribution in [0.5, 0.6) is 0 Å². The second-order valence-corrected chi connectivity index (χ2v) is 6.22. The van der Waals surface area contributed by atoms with Crippen LogP contribution in [0.2, 0.25) is 0 Å². The molecule has 1 heterocycles. The number of carbonyl (C=O) groups excluding carboxylic acids is 1. The maximum atomic E-state index is 12.0. The number of carboxylic acid groups (broad SMARTS) is 1. The molecule has 0 aromatic heterocycles. The minimum atomic E-state index is -0.821. The number of rotatable bonds is 5. The lowest BCUT2D eigenvalue weighted by Gasteiger charge is -2.24. The summed E-state index contributed by atoms with van der Waals surface area (Å²) >= 11 is 1.70. The summed E-state index contributed by atoms with van der Waals surface area (Å²) in [5.41, 5.74) is 0. The molecule has 2 unspecified atom stereocenters. The molecule has 4 nitrogen and oxygen atoms in total. The van der Waals surface area contributed by atoms with Gasteiger partial charge in [0.05, 0.1) is 11.7 Å². The summed E-state index contributed by atoms with van der Waals surface area (Å²) in [6, 6.07) is -0.150. The normalized spacial score (nSPS) is 26.2. The Morgan fingerprint density at radius 3 is 2.59 bits per heavy atom. The van der Waals surface area contributed by atoms with E-state index in [2.05, 4.69) is 5.32 Å². The number of nitrogens with one attached hydrogen (secondary N) is 1. The SMILES string of the molecule is O=C(O)CC(NC(=O)C1CCCCS1)C1CC1. The zero-order chi connectivity index (χ0) is 12.3. The van der Waals surface area contributed by atoms with Crippen molar-refractivity contribution < 1.29 is 14.7 Å². The Bertz CT molecular complexity index is 298. The first kappa shape index (κ1) is 12.7. The minimum Gasteiger partial charge on any atom is -0.481 e. The molecule has 1 aliphatic heterocycles. The number of aliphatic carboxylic acids is 1. The van der Waals surface area contributed by atoms with Crippen molar-refractivity contribution in [2.24, 2.45) is 5.92 Å². The van der Waals surface area contributed by atoms with E-state index in [4.69, 9.17) is 5.11 Å². The first-order valence-electron chi connectivity index (χ1n) is 6.30. The van der Waals surface area contributed by atoms with Crippen LogP contribution in [0.1, 0.15) is 38.5 Å². The molecule has 0 spiro atoms. The monoisotopic (exact) mass is 257 g/mol. The van der Waals surface area contributed by atoms with E-state index in [0.29, 0.717) is 5.92 Å². The molecular weight excluding hydrogens is 238 g/mol. The lowest BCUT2D eigenvalue weighted by Crippen LogP contribution is -2.43. The highest BCUT2D eigenvalue weighted by atomic mass is 32.2. The highest BCUT2D eigenvalue weighted by Gasteiger charge is 2.35. The van der Waals surface area contributed by atoms with Gasteiger partial charge in [-0.1, -0.05) is 6.42 Å². The van der Waals surface area contributed by atoms with E-state index in [0.717, 1.165) is 31.4 Å². The average Bonchev–Trinajstić information content (AvgIpc) is 3.12. The Labute approximate surface area is 106 Å². The molecule has 2 rings (SSSR count). The van der Waals surface area contributed by atoms with Gasteiger partial charge in [-0.15, -0.1) is 11.8 Å². The standard InChI is InChI=1S/C12H19NO3S/c14-11(15)7-9(8-4-5-8)13-12(16)10-3-1-2-6-17-10/h8-10H,1-7H2,(H,13,16)(H,14,15). The van der Waals surface area contributed by atoms with Gasteiger partial charge >= 0.3 is 5.97 Å². The zero-order valence-corrected chi connectivity index (χ0v) is 10.7. The minimum absolute atomic E-state index is 0.0406. The van der Waals surface area contributed by atoms with Gasteiger partial charge in [-0.25, -0.2) is 0 Å². The predicted molar refractivity (Wildman–Crippen MR) is 67.0 cm³/mol. The van der Waals surface area contributed by atoms with E-state index in [1.165, 1.54) is 6.42 Å². The molecular formula is C12H19NO3S. The smallest absolute Gasteiger partial charge is 0.305 e. The summed E-state index contributed by atoms with van der Waals surface area (Å²) in [5, 5.41) is 11.8. The fourth-order valence-corrected chi connectivity index (χ4v) is 3.45. The van der Waals surface area contributed by atoms with Crippen molar-refractivity contribution >= 4 is 23.6 Å². The van der Waals surface area contributed by atoms with Crippen LogP contribution in [0.3, 0.4) is 0 Å². The lowest BCUT2D eigenvalue weighted by atomic mass is 10.1. The van der Waals surface area contributed by atoms with Crippen molar-refractivity contribution in [1.29, 1.82) is 0 Å². The molecule has 0 radical (unpaired) electrons. The fraction of sp³-hybridized carbons (Fsp3) is 0.833. The van der Waals surface area contributed by atoms with E-state index in [-0.39, 0.29) is 23.6 Å². The molecule has 1 saturated heterocycles. The summed E-state index contributed by atoms with van der Waals surface area (Å²) in [4.78, 5) is 22.7. The Morgan fingerprint density at radius 2 is 2.06 bits per heavy atom. The zero-order valence-electron chi connectivity index (χ0n) is 9.85. The molecule has 0 bridgehead atoms. The van der Waals surface area contributed by atoms with Crippen LogP contribution in [0.4, 0.5) is 0 Å². The van der Waals surface area contributed by atoms with Crippen molar-refractivity contribution in [1.82, 2.24) is 5.32 Å². The van der Waals surface area contributed by atoms with Gasteiger partial charge in [-0.3, -0.25) is 9.59 Å². The number of amides is 1. The quantitative estimate of drug-likeness (QED) is 0.786. The van der Waals surface area contributed by atoms with Gasteiger partial charge in [-0.05, 0) is 37.4 Å². The molecule has 0 aromatic rings. The first-order chi connectivity index (χ1) is 8.16. The van der Waals surface area contributed by atoms with Crippen molar-refractivity contribution in [2.45, 2.75) is 49.8 Å². The van der Waals surface area contributed by atoms with Crippen LogP contribution >= 0.6 is 11.8 Å². The second-order valence-electron chi connectivity index (χ2n) is 4.91. The highest BCUT2D eigenvalue weighted by molar-refractivity contribution is 8.00. The number of hydrogen-bond donors (Lipinski definition) is 2. The molecule has 2 aliphatic rings. The van der Waals surface area contributed by atoms with E-state index in [1.54, 1.807) is 11.8 Å². The predicted octanol–water partition coefficient (Wildman–Crippen LogP) is 1.64. The topological polar surface area (TPSA) is 66.4 Å².